The minimum absolute atomic E-state index is 0.0340. The van der Waals surface area contributed by atoms with E-state index >= 15 is 0 Å². The average molecular weight is 375 g/mol. The number of piperidine rings is 1. The maximum atomic E-state index is 13.0. The van der Waals surface area contributed by atoms with Crippen LogP contribution in [0.5, 0.6) is 0 Å². The van der Waals surface area contributed by atoms with Crippen LogP contribution in [0, 0.1) is 18.8 Å². The molecule has 4 rings (SSSR count). The topological polar surface area (TPSA) is 55.2 Å². The number of aryl methyl sites for hydroxylation is 1. The fourth-order valence-corrected chi connectivity index (χ4v) is 4.18. The summed E-state index contributed by atoms with van der Waals surface area (Å²) in [4.78, 5) is 31.3. The second-order valence-electron chi connectivity index (χ2n) is 7.82. The number of likely N-dealkylation sites (tertiary alicyclic amines) is 1. The van der Waals surface area contributed by atoms with Gasteiger partial charge in [0, 0.05) is 38.4 Å². The Kier molecular flexibility index (Phi) is 4.48. The molecule has 1 saturated carbocycles. The van der Waals surface area contributed by atoms with E-state index in [1.807, 2.05) is 25.1 Å². The number of carbonyl (C=O) groups is 1. The summed E-state index contributed by atoms with van der Waals surface area (Å²) in [6, 6.07) is 7.32. The van der Waals surface area contributed by atoms with E-state index in [-0.39, 0.29) is 30.2 Å². The van der Waals surface area contributed by atoms with Crippen molar-refractivity contribution in [1.29, 1.82) is 0 Å². The molecule has 0 radical (unpaired) electrons. The standard InChI is InChI=1S/C20H23F2N3O2/c1-13-23-17-5-3-2-4-16(17)19(27)25(13)12-14-6-8-24(9-7-14)18(26)15-10-20(21,22)11-15/h2-5,14-15H,6-12H2,1H3. The first-order chi connectivity index (χ1) is 12.8. The minimum atomic E-state index is -2.67. The lowest BCUT2D eigenvalue weighted by atomic mass is 9.80. The fourth-order valence-electron chi connectivity index (χ4n) is 4.18. The smallest absolute Gasteiger partial charge is 0.261 e. The van der Waals surface area contributed by atoms with E-state index in [4.69, 9.17) is 0 Å². The summed E-state index contributed by atoms with van der Waals surface area (Å²) in [6.45, 7) is 3.55. The van der Waals surface area contributed by atoms with Gasteiger partial charge in [-0.1, -0.05) is 12.1 Å². The Hall–Kier alpha value is -2.31. The Morgan fingerprint density at radius 1 is 1.22 bits per heavy atom. The van der Waals surface area contributed by atoms with E-state index in [9.17, 15) is 18.4 Å². The number of rotatable bonds is 3. The van der Waals surface area contributed by atoms with E-state index in [0.717, 1.165) is 12.8 Å². The van der Waals surface area contributed by atoms with Crippen LogP contribution in [-0.2, 0) is 11.3 Å². The number of nitrogens with zero attached hydrogens (tertiary/aromatic N) is 3. The number of halogens is 2. The molecular formula is C20H23F2N3O2. The van der Waals surface area contributed by atoms with E-state index in [1.165, 1.54) is 0 Å². The highest BCUT2D eigenvalue weighted by Gasteiger charge is 2.49. The molecule has 1 aliphatic heterocycles. The van der Waals surface area contributed by atoms with Crippen LogP contribution in [0.3, 0.4) is 0 Å². The molecule has 2 fully saturated rings. The highest BCUT2D eigenvalue weighted by atomic mass is 19.3. The second-order valence-corrected chi connectivity index (χ2v) is 7.82. The Labute approximate surface area is 156 Å². The summed E-state index contributed by atoms with van der Waals surface area (Å²) in [5, 5.41) is 0.613. The molecule has 0 unspecified atom stereocenters. The van der Waals surface area contributed by atoms with Crippen molar-refractivity contribution in [3.8, 4) is 0 Å². The normalized spacial score (nSPS) is 20.6. The van der Waals surface area contributed by atoms with Crippen LogP contribution in [-0.4, -0.2) is 39.4 Å². The van der Waals surface area contributed by atoms with Gasteiger partial charge in [0.05, 0.1) is 10.9 Å². The number of para-hydroxylation sites is 1. The maximum Gasteiger partial charge on any atom is 0.261 e. The van der Waals surface area contributed by atoms with Gasteiger partial charge in [0.25, 0.3) is 5.56 Å². The largest absolute Gasteiger partial charge is 0.342 e. The van der Waals surface area contributed by atoms with Gasteiger partial charge in [-0.25, -0.2) is 13.8 Å². The van der Waals surface area contributed by atoms with Crippen LogP contribution in [0.15, 0.2) is 29.1 Å². The van der Waals surface area contributed by atoms with Crippen molar-refractivity contribution < 1.29 is 13.6 Å². The van der Waals surface area contributed by atoms with E-state index < -0.39 is 11.8 Å². The van der Waals surface area contributed by atoms with Crippen molar-refractivity contribution in [2.24, 2.45) is 11.8 Å². The number of hydrogen-bond acceptors (Lipinski definition) is 3. The van der Waals surface area contributed by atoms with Gasteiger partial charge in [-0.3, -0.25) is 14.2 Å². The monoisotopic (exact) mass is 375 g/mol. The first-order valence-electron chi connectivity index (χ1n) is 9.47. The number of alkyl halides is 2. The highest BCUT2D eigenvalue weighted by Crippen LogP contribution is 2.43. The molecule has 1 saturated heterocycles. The first-order valence-corrected chi connectivity index (χ1v) is 9.47. The number of fused-ring (bicyclic) bond motifs is 1. The van der Waals surface area contributed by atoms with Crippen molar-refractivity contribution in [3.63, 3.8) is 0 Å². The number of benzene rings is 1. The molecule has 2 aliphatic rings. The van der Waals surface area contributed by atoms with Crippen LogP contribution < -0.4 is 5.56 Å². The van der Waals surface area contributed by atoms with Crippen LogP contribution in [0.4, 0.5) is 8.78 Å². The molecule has 2 aromatic rings. The molecule has 5 nitrogen and oxygen atoms in total. The zero-order chi connectivity index (χ0) is 19.2. The minimum Gasteiger partial charge on any atom is -0.342 e. The van der Waals surface area contributed by atoms with Gasteiger partial charge in [0.15, 0.2) is 0 Å². The van der Waals surface area contributed by atoms with E-state index in [2.05, 4.69) is 4.98 Å². The lowest BCUT2D eigenvalue weighted by Crippen LogP contribution is -2.49. The van der Waals surface area contributed by atoms with Crippen molar-refractivity contribution in [3.05, 3.63) is 40.4 Å². The second kappa shape index (κ2) is 6.69. The average Bonchev–Trinajstić information content (AvgIpc) is 2.63. The van der Waals surface area contributed by atoms with Crippen molar-refractivity contribution >= 4 is 16.8 Å². The van der Waals surface area contributed by atoms with Gasteiger partial charge in [-0.15, -0.1) is 0 Å². The molecule has 0 atom stereocenters. The number of aromatic nitrogens is 2. The molecule has 2 heterocycles. The molecule has 7 heteroatoms. The number of amides is 1. The SMILES string of the molecule is Cc1nc2ccccc2c(=O)n1CC1CCN(C(=O)C2CC(F)(F)C2)CC1. The van der Waals surface area contributed by atoms with Crippen LogP contribution in [0.25, 0.3) is 10.9 Å². The molecule has 0 bridgehead atoms. The third kappa shape index (κ3) is 3.47. The molecule has 144 valence electrons. The van der Waals surface area contributed by atoms with Gasteiger partial charge < -0.3 is 4.90 Å². The molecule has 27 heavy (non-hydrogen) atoms. The lowest BCUT2D eigenvalue weighted by molar-refractivity contribution is -0.161. The summed E-state index contributed by atoms with van der Waals surface area (Å²) in [5.41, 5.74) is 0.669. The molecule has 0 N–H and O–H groups in total. The lowest BCUT2D eigenvalue weighted by Gasteiger charge is -2.39. The Balaban J connectivity index is 1.41. The van der Waals surface area contributed by atoms with Gasteiger partial charge in [-0.05, 0) is 37.8 Å². The predicted molar refractivity (Wildman–Crippen MR) is 97.7 cm³/mol. The summed E-state index contributed by atoms with van der Waals surface area (Å²) in [7, 11) is 0. The van der Waals surface area contributed by atoms with Gasteiger partial charge in [0.1, 0.15) is 5.82 Å². The molecule has 1 aromatic carbocycles. The highest BCUT2D eigenvalue weighted by molar-refractivity contribution is 5.80. The molecule has 0 spiro atoms. The fraction of sp³-hybridized carbons (Fsp3) is 0.550. The van der Waals surface area contributed by atoms with Crippen molar-refractivity contribution in [2.75, 3.05) is 13.1 Å². The third-order valence-electron chi connectivity index (χ3n) is 5.86. The number of carbonyl (C=O) groups excluding carboxylic acids is 1. The quantitative estimate of drug-likeness (QED) is 0.829. The predicted octanol–water partition coefficient (Wildman–Crippen LogP) is 2.99. The Morgan fingerprint density at radius 2 is 1.89 bits per heavy atom. The van der Waals surface area contributed by atoms with Crippen molar-refractivity contribution in [2.45, 2.75) is 45.1 Å². The molecule has 1 aromatic heterocycles. The number of hydrogen-bond donors (Lipinski definition) is 0. The summed E-state index contributed by atoms with van der Waals surface area (Å²) in [6.07, 6.45) is 0.910. The Bertz CT molecular complexity index is 924. The zero-order valence-electron chi connectivity index (χ0n) is 15.3. The van der Waals surface area contributed by atoms with Crippen LogP contribution >= 0.6 is 0 Å². The first kappa shape index (κ1) is 18.1. The summed E-state index contributed by atoms with van der Waals surface area (Å²) < 4.78 is 27.7. The van der Waals surface area contributed by atoms with E-state index in [0.29, 0.717) is 36.4 Å². The molecule has 1 aliphatic carbocycles. The van der Waals surface area contributed by atoms with E-state index in [1.54, 1.807) is 15.5 Å². The summed E-state index contributed by atoms with van der Waals surface area (Å²) in [5.74, 6) is -2.36. The van der Waals surface area contributed by atoms with Crippen molar-refractivity contribution in [1.82, 2.24) is 14.5 Å². The van der Waals surface area contributed by atoms with Gasteiger partial charge in [0.2, 0.25) is 11.8 Å². The van der Waals surface area contributed by atoms with Crippen LogP contribution in [0.1, 0.15) is 31.5 Å². The maximum absolute atomic E-state index is 13.0. The third-order valence-corrected chi connectivity index (χ3v) is 5.86. The van der Waals surface area contributed by atoms with Gasteiger partial charge in [-0.2, -0.15) is 0 Å². The molecule has 1 amide bonds. The van der Waals surface area contributed by atoms with Gasteiger partial charge >= 0.3 is 0 Å². The molecular weight excluding hydrogens is 352 g/mol. The summed E-state index contributed by atoms with van der Waals surface area (Å²) >= 11 is 0. The zero-order valence-corrected chi connectivity index (χ0v) is 15.3. The van der Waals surface area contributed by atoms with Crippen LogP contribution in [0.2, 0.25) is 0 Å². The Morgan fingerprint density at radius 3 is 2.56 bits per heavy atom.